The van der Waals surface area contributed by atoms with E-state index < -0.39 is 30.0 Å². The molecule has 1 saturated heterocycles. The lowest BCUT2D eigenvalue weighted by molar-refractivity contribution is -0.274. The van der Waals surface area contributed by atoms with Gasteiger partial charge >= 0.3 is 6.36 Å². The number of carbonyl (C=O) groups is 3. The Labute approximate surface area is 167 Å². The molecule has 0 radical (unpaired) electrons. The van der Waals surface area contributed by atoms with E-state index in [9.17, 15) is 27.6 Å². The summed E-state index contributed by atoms with van der Waals surface area (Å²) in [6.45, 7) is 3.84. The zero-order chi connectivity index (χ0) is 21.6. The van der Waals surface area contributed by atoms with Crippen LogP contribution in [0.5, 0.6) is 5.75 Å². The highest BCUT2D eigenvalue weighted by molar-refractivity contribution is 6.23. The van der Waals surface area contributed by atoms with Crippen LogP contribution in [0.15, 0.2) is 24.3 Å². The maximum atomic E-state index is 12.8. The van der Waals surface area contributed by atoms with E-state index in [0.717, 1.165) is 49.1 Å². The fourth-order valence-corrected chi connectivity index (χ4v) is 3.35. The highest BCUT2D eigenvalue weighted by Crippen LogP contribution is 2.29. The second-order valence-electron chi connectivity index (χ2n) is 6.96. The van der Waals surface area contributed by atoms with Crippen LogP contribution in [0.3, 0.4) is 0 Å². The van der Waals surface area contributed by atoms with Crippen molar-refractivity contribution in [2.24, 2.45) is 0 Å². The number of unbranched alkanes of at least 4 members (excludes halogenated alkanes) is 4. The Hall–Kier alpha value is -2.58. The summed E-state index contributed by atoms with van der Waals surface area (Å²) in [6, 6.07) is 3.60. The molecule has 0 spiro atoms. The molecule has 1 aromatic carbocycles. The summed E-state index contributed by atoms with van der Waals surface area (Å²) in [7, 11) is 0. The lowest BCUT2D eigenvalue weighted by Crippen LogP contribution is -2.45. The molecule has 1 atom stereocenters. The second-order valence-corrected chi connectivity index (χ2v) is 6.96. The number of alkyl halides is 3. The molecule has 0 N–H and O–H groups in total. The molecule has 1 unspecified atom stereocenters. The number of benzene rings is 1. The van der Waals surface area contributed by atoms with E-state index >= 15 is 0 Å². The summed E-state index contributed by atoms with van der Waals surface area (Å²) in [5.41, 5.74) is 0.142. The summed E-state index contributed by atoms with van der Waals surface area (Å²) in [6.07, 6.45) is -0.0775. The number of amides is 3. The molecule has 0 aliphatic carbocycles. The number of imide groups is 1. The predicted molar refractivity (Wildman–Crippen MR) is 100 cm³/mol. The van der Waals surface area contributed by atoms with Crippen LogP contribution in [0.2, 0.25) is 0 Å². The molecular formula is C20H25F3N2O4. The molecule has 160 valence electrons. The Kier molecular flexibility index (Phi) is 7.64. The summed E-state index contributed by atoms with van der Waals surface area (Å²) >= 11 is 0. The topological polar surface area (TPSA) is 66.9 Å². The van der Waals surface area contributed by atoms with E-state index in [4.69, 9.17) is 0 Å². The molecule has 1 aliphatic rings. The summed E-state index contributed by atoms with van der Waals surface area (Å²) in [5.74, 6) is -1.79. The van der Waals surface area contributed by atoms with Crippen molar-refractivity contribution in [2.45, 2.75) is 64.8 Å². The highest BCUT2D eigenvalue weighted by Gasteiger charge is 2.43. The molecule has 1 aromatic rings. The fourth-order valence-electron chi connectivity index (χ4n) is 3.35. The standard InChI is InChI=1S/C20H25F3N2O4/c1-3-4-5-6-7-12-24(14(2)26)17-13-18(27)25(19(17)28)15-8-10-16(11-9-15)29-20(21,22)23/h8-11,17H,3-7,12-13H2,1-2H3. The summed E-state index contributed by atoms with van der Waals surface area (Å²) in [4.78, 5) is 39.6. The lowest BCUT2D eigenvalue weighted by atomic mass is 10.1. The molecule has 2 rings (SSSR count). The third-order valence-corrected chi connectivity index (χ3v) is 4.73. The fraction of sp³-hybridized carbons (Fsp3) is 0.550. The van der Waals surface area contributed by atoms with Crippen molar-refractivity contribution in [3.05, 3.63) is 24.3 Å². The van der Waals surface area contributed by atoms with Crippen LogP contribution in [0.4, 0.5) is 18.9 Å². The van der Waals surface area contributed by atoms with Gasteiger partial charge in [-0.3, -0.25) is 14.4 Å². The maximum absolute atomic E-state index is 12.8. The molecular weight excluding hydrogens is 389 g/mol. The van der Waals surface area contributed by atoms with E-state index in [-0.39, 0.29) is 18.0 Å². The minimum absolute atomic E-state index is 0.142. The molecule has 29 heavy (non-hydrogen) atoms. The van der Waals surface area contributed by atoms with E-state index in [1.807, 2.05) is 0 Å². The summed E-state index contributed by atoms with van der Waals surface area (Å²) < 4.78 is 40.6. The lowest BCUT2D eigenvalue weighted by Gasteiger charge is -2.26. The van der Waals surface area contributed by atoms with Gasteiger partial charge in [0.15, 0.2) is 0 Å². The van der Waals surface area contributed by atoms with Gasteiger partial charge in [0.25, 0.3) is 5.91 Å². The Morgan fingerprint density at radius 3 is 2.31 bits per heavy atom. The van der Waals surface area contributed by atoms with Crippen LogP contribution in [-0.2, 0) is 14.4 Å². The zero-order valence-corrected chi connectivity index (χ0v) is 16.5. The molecule has 1 aliphatic heterocycles. The predicted octanol–water partition coefficient (Wildman–Crippen LogP) is 4.04. The Morgan fingerprint density at radius 1 is 1.14 bits per heavy atom. The van der Waals surface area contributed by atoms with Crippen LogP contribution in [0.1, 0.15) is 52.4 Å². The Balaban J connectivity index is 2.08. The van der Waals surface area contributed by atoms with Crippen LogP contribution >= 0.6 is 0 Å². The highest BCUT2D eigenvalue weighted by atomic mass is 19.4. The van der Waals surface area contributed by atoms with Crippen molar-refractivity contribution in [3.63, 3.8) is 0 Å². The van der Waals surface area contributed by atoms with E-state index in [0.29, 0.717) is 6.54 Å². The van der Waals surface area contributed by atoms with E-state index in [2.05, 4.69) is 11.7 Å². The average Bonchev–Trinajstić information content (AvgIpc) is 2.91. The van der Waals surface area contributed by atoms with Gasteiger partial charge in [-0.1, -0.05) is 32.6 Å². The van der Waals surface area contributed by atoms with Crippen molar-refractivity contribution in [3.8, 4) is 5.75 Å². The van der Waals surface area contributed by atoms with Gasteiger partial charge in [0.1, 0.15) is 11.8 Å². The minimum atomic E-state index is -4.83. The number of rotatable bonds is 9. The molecule has 6 nitrogen and oxygen atoms in total. The molecule has 0 saturated carbocycles. The monoisotopic (exact) mass is 414 g/mol. The molecule has 0 bridgehead atoms. The van der Waals surface area contributed by atoms with E-state index in [1.54, 1.807) is 0 Å². The van der Waals surface area contributed by atoms with Crippen LogP contribution in [0, 0.1) is 0 Å². The van der Waals surface area contributed by atoms with Crippen molar-refractivity contribution in [2.75, 3.05) is 11.4 Å². The molecule has 9 heteroatoms. The molecule has 3 amide bonds. The average molecular weight is 414 g/mol. The van der Waals surface area contributed by atoms with Crippen LogP contribution < -0.4 is 9.64 Å². The second kappa shape index (κ2) is 9.76. The first-order chi connectivity index (χ1) is 13.6. The normalized spacial score (nSPS) is 17.0. The number of halogens is 3. The van der Waals surface area contributed by atoms with Gasteiger partial charge in [-0.2, -0.15) is 0 Å². The van der Waals surface area contributed by atoms with Crippen molar-refractivity contribution < 1.29 is 32.3 Å². The molecule has 1 heterocycles. The summed E-state index contributed by atoms with van der Waals surface area (Å²) in [5, 5.41) is 0. The van der Waals surface area contributed by atoms with E-state index in [1.165, 1.54) is 24.0 Å². The molecule has 0 aromatic heterocycles. The van der Waals surface area contributed by atoms with Crippen molar-refractivity contribution in [1.82, 2.24) is 4.90 Å². The minimum Gasteiger partial charge on any atom is -0.406 e. The number of nitrogens with zero attached hydrogens (tertiary/aromatic N) is 2. The first kappa shape index (κ1) is 22.7. The number of ether oxygens (including phenoxy) is 1. The maximum Gasteiger partial charge on any atom is 0.573 e. The first-order valence-electron chi connectivity index (χ1n) is 9.64. The Bertz CT molecular complexity index is 734. The van der Waals surface area contributed by atoms with Gasteiger partial charge in [0.2, 0.25) is 11.8 Å². The van der Waals surface area contributed by atoms with Gasteiger partial charge in [-0.15, -0.1) is 13.2 Å². The van der Waals surface area contributed by atoms with Crippen molar-refractivity contribution >= 4 is 23.4 Å². The first-order valence-corrected chi connectivity index (χ1v) is 9.64. The number of hydrogen-bond donors (Lipinski definition) is 0. The zero-order valence-electron chi connectivity index (χ0n) is 16.5. The van der Waals surface area contributed by atoms with Gasteiger partial charge in [0, 0.05) is 13.5 Å². The number of carbonyl (C=O) groups excluding carboxylic acids is 3. The third-order valence-electron chi connectivity index (χ3n) is 4.73. The van der Waals surface area contributed by atoms with Gasteiger partial charge in [-0.05, 0) is 30.7 Å². The van der Waals surface area contributed by atoms with Gasteiger partial charge in [0.05, 0.1) is 12.1 Å². The Morgan fingerprint density at radius 2 is 1.76 bits per heavy atom. The quantitative estimate of drug-likeness (QED) is 0.452. The largest absolute Gasteiger partial charge is 0.573 e. The number of hydrogen-bond acceptors (Lipinski definition) is 4. The van der Waals surface area contributed by atoms with Crippen molar-refractivity contribution in [1.29, 1.82) is 0 Å². The SMILES string of the molecule is CCCCCCCN(C(C)=O)C1CC(=O)N(c2ccc(OC(F)(F)F)cc2)C1=O. The molecule has 1 fully saturated rings. The smallest absolute Gasteiger partial charge is 0.406 e. The van der Waals surface area contributed by atoms with Gasteiger partial charge < -0.3 is 9.64 Å². The third kappa shape index (κ3) is 6.20. The van der Waals surface area contributed by atoms with Gasteiger partial charge in [-0.25, -0.2) is 4.90 Å². The van der Waals surface area contributed by atoms with Crippen LogP contribution in [0.25, 0.3) is 0 Å². The number of anilines is 1. The van der Waals surface area contributed by atoms with Crippen LogP contribution in [-0.4, -0.2) is 41.6 Å².